The van der Waals surface area contributed by atoms with Crippen molar-refractivity contribution in [2.24, 2.45) is 5.92 Å². The van der Waals surface area contributed by atoms with E-state index in [9.17, 15) is 8.42 Å². The van der Waals surface area contributed by atoms with Crippen molar-refractivity contribution in [3.63, 3.8) is 0 Å². The zero-order valence-electron chi connectivity index (χ0n) is 9.47. The van der Waals surface area contributed by atoms with Crippen LogP contribution in [0.4, 0.5) is 0 Å². The Balaban J connectivity index is 3.95. The van der Waals surface area contributed by atoms with Crippen LogP contribution in [0.5, 0.6) is 0 Å². The highest BCUT2D eigenvalue weighted by Crippen LogP contribution is 2.16. The van der Waals surface area contributed by atoms with Crippen LogP contribution in [-0.4, -0.2) is 23.5 Å². The smallest absolute Gasteiger partial charge is 0.291 e. The van der Waals surface area contributed by atoms with Gasteiger partial charge in [-0.2, -0.15) is 8.42 Å². The summed E-state index contributed by atoms with van der Waals surface area (Å²) in [5, 5.41) is 9.11. The minimum atomic E-state index is -4.30. The molecule has 0 heterocycles. The molecular formula is C10H20O4S. The summed E-state index contributed by atoms with van der Waals surface area (Å²) in [6, 6.07) is 0. The lowest BCUT2D eigenvalue weighted by Gasteiger charge is -2.13. The molecule has 0 amide bonds. The largest absolute Gasteiger partial charge is 0.375 e. The Labute approximate surface area is 91.8 Å². The highest BCUT2D eigenvalue weighted by atomic mass is 32.2. The lowest BCUT2D eigenvalue weighted by molar-refractivity contribution is 0.200. The molecule has 0 bridgehead atoms. The van der Waals surface area contributed by atoms with Crippen LogP contribution in [0.25, 0.3) is 0 Å². The third-order valence-corrected chi connectivity index (χ3v) is 3.04. The molecule has 2 unspecified atom stereocenters. The number of hydrogen-bond acceptors (Lipinski definition) is 3. The standard InChI is InChI=1S/C10H20O4S/c1-8(2)5-4-6-9(3)7-10(11)15(12,13)14/h5,9-11H,4,6-7H2,1-3H3,(H,12,13,14). The molecule has 0 aliphatic carbocycles. The van der Waals surface area contributed by atoms with Crippen LogP contribution < -0.4 is 0 Å². The Morgan fingerprint density at radius 3 is 2.33 bits per heavy atom. The minimum absolute atomic E-state index is 0.0672. The van der Waals surface area contributed by atoms with Gasteiger partial charge in [-0.1, -0.05) is 18.6 Å². The van der Waals surface area contributed by atoms with Gasteiger partial charge >= 0.3 is 0 Å². The molecule has 15 heavy (non-hydrogen) atoms. The SMILES string of the molecule is CC(C)=CCCC(C)CC(O)S(=O)(=O)O. The first kappa shape index (κ1) is 14.6. The van der Waals surface area contributed by atoms with Crippen molar-refractivity contribution in [1.29, 1.82) is 0 Å². The summed E-state index contributed by atoms with van der Waals surface area (Å²) in [6.07, 6.45) is 3.81. The van der Waals surface area contributed by atoms with Crippen LogP contribution in [0.15, 0.2) is 11.6 Å². The van der Waals surface area contributed by atoms with Crippen molar-refractivity contribution in [3.05, 3.63) is 11.6 Å². The van der Waals surface area contributed by atoms with Gasteiger partial charge in [-0.25, -0.2) is 0 Å². The topological polar surface area (TPSA) is 74.6 Å². The van der Waals surface area contributed by atoms with Gasteiger partial charge in [0.2, 0.25) is 0 Å². The zero-order chi connectivity index (χ0) is 12.1. The molecule has 0 saturated heterocycles. The van der Waals surface area contributed by atoms with Gasteiger partial charge < -0.3 is 5.11 Å². The van der Waals surface area contributed by atoms with E-state index in [-0.39, 0.29) is 12.3 Å². The van der Waals surface area contributed by atoms with E-state index in [0.29, 0.717) is 0 Å². The van der Waals surface area contributed by atoms with Gasteiger partial charge in [0, 0.05) is 0 Å². The van der Waals surface area contributed by atoms with Crippen LogP contribution >= 0.6 is 0 Å². The third-order valence-electron chi connectivity index (χ3n) is 2.16. The summed E-state index contributed by atoms with van der Waals surface area (Å²) < 4.78 is 29.6. The average molecular weight is 236 g/mol. The Bertz CT molecular complexity index is 301. The number of aliphatic hydroxyl groups is 1. The Morgan fingerprint density at radius 1 is 1.40 bits per heavy atom. The molecule has 0 radical (unpaired) electrons. The maximum Gasteiger partial charge on any atom is 0.291 e. The van der Waals surface area contributed by atoms with Crippen LogP contribution in [0, 0.1) is 5.92 Å². The van der Waals surface area contributed by atoms with Crippen molar-refractivity contribution in [2.45, 2.75) is 45.5 Å². The summed E-state index contributed by atoms with van der Waals surface area (Å²) in [7, 11) is -4.30. The van der Waals surface area contributed by atoms with E-state index >= 15 is 0 Å². The van der Waals surface area contributed by atoms with E-state index in [2.05, 4.69) is 6.08 Å². The summed E-state index contributed by atoms with van der Waals surface area (Å²) in [6.45, 7) is 5.85. The van der Waals surface area contributed by atoms with Crippen molar-refractivity contribution in [2.75, 3.05) is 0 Å². The second-order valence-electron chi connectivity index (χ2n) is 4.17. The first-order chi connectivity index (χ1) is 6.73. The fraction of sp³-hybridized carbons (Fsp3) is 0.800. The van der Waals surface area contributed by atoms with Gasteiger partial charge in [-0.05, 0) is 39.0 Å². The molecule has 0 aromatic heterocycles. The number of aliphatic hydroxyl groups excluding tert-OH is 1. The number of rotatable bonds is 6. The molecule has 90 valence electrons. The van der Waals surface area contributed by atoms with Gasteiger partial charge in [0.25, 0.3) is 10.1 Å². The van der Waals surface area contributed by atoms with Crippen LogP contribution in [0.3, 0.4) is 0 Å². The van der Waals surface area contributed by atoms with E-state index in [1.54, 1.807) is 0 Å². The highest BCUT2D eigenvalue weighted by molar-refractivity contribution is 7.86. The van der Waals surface area contributed by atoms with Gasteiger partial charge in [0.15, 0.2) is 5.44 Å². The Kier molecular flexibility index (Phi) is 6.09. The molecule has 0 fully saturated rings. The van der Waals surface area contributed by atoms with E-state index in [0.717, 1.165) is 12.8 Å². The average Bonchev–Trinajstić information content (AvgIpc) is 2.01. The van der Waals surface area contributed by atoms with Crippen molar-refractivity contribution >= 4 is 10.1 Å². The third kappa shape index (κ3) is 7.53. The van der Waals surface area contributed by atoms with E-state index in [1.807, 2.05) is 20.8 Å². The second kappa shape index (κ2) is 6.25. The van der Waals surface area contributed by atoms with Crippen molar-refractivity contribution in [1.82, 2.24) is 0 Å². The molecule has 0 rings (SSSR count). The Hall–Kier alpha value is -0.390. The van der Waals surface area contributed by atoms with E-state index < -0.39 is 15.6 Å². The van der Waals surface area contributed by atoms with Gasteiger partial charge in [0.05, 0.1) is 0 Å². The van der Waals surface area contributed by atoms with Gasteiger partial charge in [0.1, 0.15) is 0 Å². The molecule has 0 aromatic rings. The molecular weight excluding hydrogens is 216 g/mol. The maximum atomic E-state index is 10.5. The first-order valence-electron chi connectivity index (χ1n) is 5.01. The Morgan fingerprint density at radius 2 is 1.93 bits per heavy atom. The fourth-order valence-electron chi connectivity index (χ4n) is 1.24. The van der Waals surface area contributed by atoms with Crippen LogP contribution in [0.1, 0.15) is 40.0 Å². The quantitative estimate of drug-likeness (QED) is 0.546. The second-order valence-corrected chi connectivity index (χ2v) is 5.74. The lowest BCUT2D eigenvalue weighted by atomic mass is 10.0. The zero-order valence-corrected chi connectivity index (χ0v) is 10.3. The van der Waals surface area contributed by atoms with Crippen LogP contribution in [0.2, 0.25) is 0 Å². The summed E-state index contributed by atoms with van der Waals surface area (Å²) in [5.41, 5.74) is -0.434. The molecule has 0 saturated carbocycles. The summed E-state index contributed by atoms with van der Waals surface area (Å²) >= 11 is 0. The van der Waals surface area contributed by atoms with Crippen molar-refractivity contribution < 1.29 is 18.1 Å². The number of allylic oxidation sites excluding steroid dienone is 2. The van der Waals surface area contributed by atoms with Crippen molar-refractivity contribution in [3.8, 4) is 0 Å². The summed E-state index contributed by atoms with van der Waals surface area (Å²) in [5.74, 6) is 0.0672. The molecule has 2 N–H and O–H groups in total. The minimum Gasteiger partial charge on any atom is -0.375 e. The number of hydrogen-bond donors (Lipinski definition) is 2. The molecule has 2 atom stereocenters. The molecule has 5 heteroatoms. The highest BCUT2D eigenvalue weighted by Gasteiger charge is 2.21. The predicted molar refractivity (Wildman–Crippen MR) is 60.0 cm³/mol. The van der Waals surface area contributed by atoms with E-state index in [1.165, 1.54) is 5.57 Å². The normalized spacial score (nSPS) is 15.8. The fourth-order valence-corrected chi connectivity index (χ4v) is 1.81. The van der Waals surface area contributed by atoms with E-state index in [4.69, 9.17) is 9.66 Å². The molecule has 0 spiro atoms. The summed E-state index contributed by atoms with van der Waals surface area (Å²) in [4.78, 5) is 0. The molecule has 4 nitrogen and oxygen atoms in total. The monoisotopic (exact) mass is 236 g/mol. The lowest BCUT2D eigenvalue weighted by Crippen LogP contribution is -2.22. The first-order valence-corrected chi connectivity index (χ1v) is 6.51. The maximum absolute atomic E-state index is 10.5. The molecule has 0 aliphatic heterocycles. The predicted octanol–water partition coefficient (Wildman–Crippen LogP) is 1.97. The molecule has 0 aliphatic rings. The van der Waals surface area contributed by atoms with Gasteiger partial charge in [-0.3, -0.25) is 4.55 Å². The van der Waals surface area contributed by atoms with Crippen LogP contribution in [-0.2, 0) is 10.1 Å². The van der Waals surface area contributed by atoms with Gasteiger partial charge in [-0.15, -0.1) is 0 Å². The molecule has 0 aromatic carbocycles.